The van der Waals surface area contributed by atoms with Crippen molar-refractivity contribution in [3.8, 4) is 11.3 Å². The summed E-state index contributed by atoms with van der Waals surface area (Å²) in [5.41, 5.74) is 4.96. The number of hydrogen-bond donors (Lipinski definition) is 0. The van der Waals surface area contributed by atoms with E-state index in [4.69, 9.17) is 14.8 Å². The first-order valence-corrected chi connectivity index (χ1v) is 11.5. The van der Waals surface area contributed by atoms with E-state index in [1.807, 2.05) is 23.6 Å². The van der Waals surface area contributed by atoms with Gasteiger partial charge in [0, 0.05) is 62.2 Å². The number of hydrogen-bond acceptors (Lipinski definition) is 5. The van der Waals surface area contributed by atoms with Crippen LogP contribution in [0.2, 0.25) is 0 Å². The van der Waals surface area contributed by atoms with E-state index in [1.54, 1.807) is 12.1 Å². The molecule has 1 aromatic carbocycles. The normalized spacial score (nSPS) is 17.3. The Morgan fingerprint density at radius 1 is 1.06 bits per heavy atom. The number of halogens is 1. The van der Waals surface area contributed by atoms with Crippen LogP contribution < -0.4 is 4.90 Å². The molecule has 3 aromatic rings. The van der Waals surface area contributed by atoms with Gasteiger partial charge < -0.3 is 9.64 Å². The molecule has 31 heavy (non-hydrogen) atoms. The topological polar surface area (TPSA) is 45.9 Å². The molecule has 0 unspecified atom stereocenters. The Morgan fingerprint density at radius 3 is 2.71 bits per heavy atom. The molecule has 2 aromatic heterocycles. The maximum absolute atomic E-state index is 13.8. The van der Waals surface area contributed by atoms with Gasteiger partial charge in [0.15, 0.2) is 5.65 Å². The standard InChI is InChI=1S/C24H30FN5O/c1-2-31-15-14-28-10-12-29(13-11-28)24-20-8-3-4-9-21(20)26-23-17-22(27-30(23)24)18-6-5-7-19(25)16-18/h5-7,16-17H,2-4,8-15H2,1H3. The van der Waals surface area contributed by atoms with Gasteiger partial charge in [-0.2, -0.15) is 9.61 Å². The predicted molar refractivity (Wildman–Crippen MR) is 120 cm³/mol. The molecule has 164 valence electrons. The van der Waals surface area contributed by atoms with Gasteiger partial charge in [0.05, 0.1) is 12.3 Å². The van der Waals surface area contributed by atoms with Gasteiger partial charge in [0.25, 0.3) is 0 Å². The van der Waals surface area contributed by atoms with Crippen molar-refractivity contribution in [2.45, 2.75) is 32.6 Å². The molecule has 0 amide bonds. The summed E-state index contributed by atoms with van der Waals surface area (Å²) in [4.78, 5) is 9.90. The second-order valence-electron chi connectivity index (χ2n) is 8.40. The summed E-state index contributed by atoms with van der Waals surface area (Å²) in [6.45, 7) is 8.55. The number of anilines is 1. The molecule has 1 aliphatic carbocycles. The molecular formula is C24H30FN5O. The van der Waals surface area contributed by atoms with E-state index in [9.17, 15) is 4.39 Å². The summed E-state index contributed by atoms with van der Waals surface area (Å²) < 4.78 is 21.3. The Balaban J connectivity index is 1.49. The first-order chi connectivity index (χ1) is 15.2. The summed E-state index contributed by atoms with van der Waals surface area (Å²) in [5.74, 6) is 0.942. The smallest absolute Gasteiger partial charge is 0.158 e. The van der Waals surface area contributed by atoms with Crippen molar-refractivity contribution < 1.29 is 9.13 Å². The van der Waals surface area contributed by atoms with E-state index < -0.39 is 0 Å². The SMILES string of the molecule is CCOCCN1CCN(c2c3c(nc4cc(-c5cccc(F)c5)nn24)CCCC3)CC1. The highest BCUT2D eigenvalue weighted by Crippen LogP contribution is 2.32. The lowest BCUT2D eigenvalue weighted by atomic mass is 9.96. The van der Waals surface area contributed by atoms with Gasteiger partial charge in [-0.3, -0.25) is 4.90 Å². The Morgan fingerprint density at radius 2 is 1.90 bits per heavy atom. The molecule has 3 heterocycles. The fourth-order valence-electron chi connectivity index (χ4n) is 4.76. The molecule has 0 N–H and O–H groups in total. The maximum atomic E-state index is 13.8. The number of ether oxygens (including phenoxy) is 1. The van der Waals surface area contributed by atoms with Crippen LogP contribution in [0.4, 0.5) is 10.2 Å². The molecule has 0 radical (unpaired) electrons. The molecule has 0 spiro atoms. The minimum Gasteiger partial charge on any atom is -0.380 e. The van der Waals surface area contributed by atoms with Gasteiger partial charge in [-0.1, -0.05) is 12.1 Å². The number of rotatable bonds is 6. The van der Waals surface area contributed by atoms with Gasteiger partial charge in [0.2, 0.25) is 0 Å². The second kappa shape index (κ2) is 8.93. The molecule has 1 aliphatic heterocycles. The number of aromatic nitrogens is 3. The third-order valence-corrected chi connectivity index (χ3v) is 6.40. The zero-order valence-corrected chi connectivity index (χ0v) is 18.2. The van der Waals surface area contributed by atoms with Gasteiger partial charge >= 0.3 is 0 Å². The molecule has 1 fully saturated rings. The Bertz CT molecular complexity index is 1060. The minimum atomic E-state index is -0.245. The zero-order valence-electron chi connectivity index (χ0n) is 18.2. The van der Waals surface area contributed by atoms with Crippen LogP contribution >= 0.6 is 0 Å². The number of nitrogens with zero attached hydrogens (tertiary/aromatic N) is 5. The van der Waals surface area contributed by atoms with Crippen LogP contribution in [0, 0.1) is 5.82 Å². The average molecular weight is 424 g/mol. The fourth-order valence-corrected chi connectivity index (χ4v) is 4.76. The molecule has 0 atom stereocenters. The van der Waals surface area contributed by atoms with Crippen molar-refractivity contribution in [1.29, 1.82) is 0 Å². The first kappa shape index (κ1) is 20.4. The van der Waals surface area contributed by atoms with Crippen molar-refractivity contribution in [3.05, 3.63) is 47.4 Å². The lowest BCUT2D eigenvalue weighted by Crippen LogP contribution is -2.48. The van der Waals surface area contributed by atoms with Crippen LogP contribution in [0.5, 0.6) is 0 Å². The molecular weight excluding hydrogens is 393 g/mol. The summed E-state index contributed by atoms with van der Waals surface area (Å²) in [6.07, 6.45) is 4.45. The monoisotopic (exact) mass is 423 g/mol. The lowest BCUT2D eigenvalue weighted by Gasteiger charge is -2.37. The molecule has 5 rings (SSSR count). The van der Waals surface area contributed by atoms with Crippen LogP contribution in [-0.2, 0) is 17.6 Å². The van der Waals surface area contributed by atoms with Crippen molar-refractivity contribution in [1.82, 2.24) is 19.5 Å². The fraction of sp³-hybridized carbons (Fsp3) is 0.500. The van der Waals surface area contributed by atoms with Crippen LogP contribution in [0.25, 0.3) is 16.9 Å². The molecule has 2 aliphatic rings. The molecule has 0 bridgehead atoms. The van der Waals surface area contributed by atoms with E-state index in [2.05, 4.69) is 9.80 Å². The van der Waals surface area contributed by atoms with Crippen LogP contribution in [0.15, 0.2) is 30.3 Å². The van der Waals surface area contributed by atoms with Crippen LogP contribution in [-0.4, -0.2) is 65.4 Å². The summed E-state index contributed by atoms with van der Waals surface area (Å²) >= 11 is 0. The van der Waals surface area contributed by atoms with Crippen molar-refractivity contribution >= 4 is 11.5 Å². The van der Waals surface area contributed by atoms with Crippen LogP contribution in [0.3, 0.4) is 0 Å². The van der Waals surface area contributed by atoms with Gasteiger partial charge in [-0.25, -0.2) is 9.37 Å². The largest absolute Gasteiger partial charge is 0.380 e. The molecule has 6 nitrogen and oxygen atoms in total. The number of aryl methyl sites for hydroxylation is 1. The number of fused-ring (bicyclic) bond motifs is 2. The van der Waals surface area contributed by atoms with E-state index in [1.165, 1.54) is 36.0 Å². The highest BCUT2D eigenvalue weighted by molar-refractivity contribution is 5.67. The number of benzene rings is 1. The summed E-state index contributed by atoms with van der Waals surface area (Å²) in [7, 11) is 0. The van der Waals surface area contributed by atoms with Crippen molar-refractivity contribution in [2.24, 2.45) is 0 Å². The first-order valence-electron chi connectivity index (χ1n) is 11.5. The maximum Gasteiger partial charge on any atom is 0.158 e. The third kappa shape index (κ3) is 4.16. The molecule has 7 heteroatoms. The van der Waals surface area contributed by atoms with Crippen molar-refractivity contribution in [2.75, 3.05) is 50.8 Å². The van der Waals surface area contributed by atoms with E-state index >= 15 is 0 Å². The quantitative estimate of drug-likeness (QED) is 0.567. The Hall–Kier alpha value is -2.51. The second-order valence-corrected chi connectivity index (χ2v) is 8.40. The third-order valence-electron chi connectivity index (χ3n) is 6.40. The van der Waals surface area contributed by atoms with Gasteiger partial charge in [-0.15, -0.1) is 0 Å². The van der Waals surface area contributed by atoms with E-state index in [-0.39, 0.29) is 5.82 Å². The van der Waals surface area contributed by atoms with Gasteiger partial charge in [0.1, 0.15) is 11.6 Å². The van der Waals surface area contributed by atoms with Gasteiger partial charge in [-0.05, 0) is 44.7 Å². The Kier molecular flexibility index (Phi) is 5.87. The Labute approximate surface area is 182 Å². The highest BCUT2D eigenvalue weighted by atomic mass is 19.1. The molecule has 0 saturated carbocycles. The predicted octanol–water partition coefficient (Wildman–Crippen LogP) is 3.57. The lowest BCUT2D eigenvalue weighted by molar-refractivity contribution is 0.111. The zero-order chi connectivity index (χ0) is 21.2. The van der Waals surface area contributed by atoms with E-state index in [0.29, 0.717) is 0 Å². The minimum absolute atomic E-state index is 0.245. The summed E-state index contributed by atoms with van der Waals surface area (Å²) in [5, 5.41) is 4.90. The van der Waals surface area contributed by atoms with E-state index in [0.717, 1.165) is 75.7 Å². The molecule has 1 saturated heterocycles. The van der Waals surface area contributed by atoms with Crippen molar-refractivity contribution in [3.63, 3.8) is 0 Å². The van der Waals surface area contributed by atoms with Crippen LogP contribution in [0.1, 0.15) is 31.0 Å². The highest BCUT2D eigenvalue weighted by Gasteiger charge is 2.26. The average Bonchev–Trinajstić information content (AvgIpc) is 3.22. The summed E-state index contributed by atoms with van der Waals surface area (Å²) in [6, 6.07) is 8.63. The number of piperazine rings is 1.